The van der Waals surface area contributed by atoms with E-state index >= 15 is 0 Å². The fraction of sp³-hybridized carbons (Fsp3) is 0.467. The maximum Gasteiger partial charge on any atom is 0.416 e. The number of aromatic nitrogens is 5. The quantitative estimate of drug-likeness (QED) is 0.175. The van der Waals surface area contributed by atoms with E-state index in [0.717, 1.165) is 42.6 Å². The van der Waals surface area contributed by atoms with Crippen molar-refractivity contribution in [3.63, 3.8) is 0 Å². The van der Waals surface area contributed by atoms with Crippen molar-refractivity contribution >= 4 is 22.7 Å². The summed E-state index contributed by atoms with van der Waals surface area (Å²) < 4.78 is 110. The van der Waals surface area contributed by atoms with E-state index in [1.54, 1.807) is 6.07 Å². The van der Waals surface area contributed by atoms with Crippen LogP contribution in [0.15, 0.2) is 36.4 Å². The molecule has 1 fully saturated rings. The second-order valence-electron chi connectivity index (χ2n) is 11.3. The molecule has 0 spiro atoms. The molecule has 242 valence electrons. The van der Waals surface area contributed by atoms with Crippen LogP contribution in [-0.4, -0.2) is 37.8 Å². The van der Waals surface area contributed by atoms with Crippen LogP contribution in [0.5, 0.6) is 0 Å². The molecule has 7 nitrogen and oxygen atoms in total. The minimum Gasteiger partial charge on any atom is -0.353 e. The molecule has 1 atom stereocenters. The van der Waals surface area contributed by atoms with Crippen molar-refractivity contribution in [1.82, 2.24) is 25.2 Å². The molecule has 1 aliphatic heterocycles. The van der Waals surface area contributed by atoms with Gasteiger partial charge < -0.3 is 9.80 Å². The number of anilines is 2. The number of halogens is 8. The molecule has 1 aliphatic rings. The van der Waals surface area contributed by atoms with Gasteiger partial charge in [-0.2, -0.15) is 31.1 Å². The van der Waals surface area contributed by atoms with E-state index in [-0.39, 0.29) is 41.1 Å². The van der Waals surface area contributed by atoms with Gasteiger partial charge in [0.25, 0.3) is 5.95 Å². The van der Waals surface area contributed by atoms with Gasteiger partial charge in [0, 0.05) is 42.7 Å². The maximum atomic E-state index is 14.3. The summed E-state index contributed by atoms with van der Waals surface area (Å²) >= 11 is 0. The van der Waals surface area contributed by atoms with E-state index in [0.29, 0.717) is 36.0 Å². The van der Waals surface area contributed by atoms with Crippen LogP contribution in [0, 0.1) is 17.6 Å². The standard InChI is InChI=1S/C30H31F8N7/c1-4-18(5-2)26-7-6-8-45(26)27-20(11-19-12-23(31)24(32)14-25(19)39-27)16-44(28-40-42-43(3)41-28)15-17-9-21(29(33,34)35)13-22(10-17)30(36,37)38/h9-14,18,26H,4-8,15-16H2,1-3H3/t26-/m1/s1. The highest BCUT2D eigenvalue weighted by Crippen LogP contribution is 2.38. The summed E-state index contributed by atoms with van der Waals surface area (Å²) in [5.74, 6) is -1.43. The van der Waals surface area contributed by atoms with Gasteiger partial charge >= 0.3 is 12.4 Å². The van der Waals surface area contributed by atoms with Gasteiger partial charge in [0.05, 0.1) is 23.7 Å². The van der Waals surface area contributed by atoms with Crippen molar-refractivity contribution in [3.05, 3.63) is 70.3 Å². The van der Waals surface area contributed by atoms with Gasteiger partial charge in [-0.3, -0.25) is 0 Å². The number of hydrogen-bond donors (Lipinski definition) is 0. The second-order valence-corrected chi connectivity index (χ2v) is 11.3. The Balaban J connectivity index is 1.64. The van der Waals surface area contributed by atoms with Crippen LogP contribution in [0.2, 0.25) is 0 Å². The van der Waals surface area contributed by atoms with E-state index in [2.05, 4.69) is 34.2 Å². The summed E-state index contributed by atoms with van der Waals surface area (Å²) in [6.45, 7) is 4.21. The van der Waals surface area contributed by atoms with E-state index in [4.69, 9.17) is 4.98 Å². The maximum absolute atomic E-state index is 14.3. The fourth-order valence-corrected chi connectivity index (χ4v) is 6.08. The van der Waals surface area contributed by atoms with Gasteiger partial charge in [-0.05, 0) is 59.9 Å². The zero-order chi connectivity index (χ0) is 32.7. The van der Waals surface area contributed by atoms with Gasteiger partial charge in [-0.25, -0.2) is 13.8 Å². The molecule has 0 radical (unpaired) electrons. The van der Waals surface area contributed by atoms with Crippen LogP contribution in [0.4, 0.5) is 46.9 Å². The number of nitrogens with zero attached hydrogens (tertiary/aromatic N) is 7. The molecule has 1 saturated heterocycles. The largest absolute Gasteiger partial charge is 0.416 e. The number of fused-ring (bicyclic) bond motifs is 1. The smallest absolute Gasteiger partial charge is 0.353 e. The number of rotatable bonds is 9. The lowest BCUT2D eigenvalue weighted by Crippen LogP contribution is -2.37. The number of pyridine rings is 1. The van der Waals surface area contributed by atoms with Crippen molar-refractivity contribution in [2.45, 2.75) is 71.0 Å². The third kappa shape index (κ3) is 6.96. The van der Waals surface area contributed by atoms with Crippen molar-refractivity contribution in [2.24, 2.45) is 13.0 Å². The molecular formula is C30H31F8N7. The van der Waals surface area contributed by atoms with E-state index in [9.17, 15) is 35.1 Å². The Morgan fingerprint density at radius 1 is 0.889 bits per heavy atom. The summed E-state index contributed by atoms with van der Waals surface area (Å²) in [6.07, 6.45) is -6.53. The lowest BCUT2D eigenvalue weighted by Gasteiger charge is -2.34. The summed E-state index contributed by atoms with van der Waals surface area (Å²) in [7, 11) is 1.46. The molecule has 4 aromatic rings. The Kier molecular flexibility index (Phi) is 8.91. The van der Waals surface area contributed by atoms with E-state index < -0.39 is 41.7 Å². The van der Waals surface area contributed by atoms with Crippen LogP contribution in [-0.2, 0) is 32.5 Å². The number of tetrazole rings is 1. The van der Waals surface area contributed by atoms with Gasteiger partial charge in [0.1, 0.15) is 5.82 Å². The van der Waals surface area contributed by atoms with E-state index in [1.807, 2.05) is 0 Å². The Hall–Kier alpha value is -4.04. The summed E-state index contributed by atoms with van der Waals surface area (Å²) in [4.78, 5) is 9.35. The van der Waals surface area contributed by atoms with Crippen molar-refractivity contribution < 1.29 is 35.1 Å². The summed E-state index contributed by atoms with van der Waals surface area (Å²) in [5, 5.41) is 12.2. The minimum atomic E-state index is -5.03. The summed E-state index contributed by atoms with van der Waals surface area (Å²) in [5.41, 5.74) is -2.49. The molecule has 0 bridgehead atoms. The first-order valence-electron chi connectivity index (χ1n) is 14.5. The Morgan fingerprint density at radius 3 is 2.11 bits per heavy atom. The predicted molar refractivity (Wildman–Crippen MR) is 151 cm³/mol. The van der Waals surface area contributed by atoms with Crippen molar-refractivity contribution in [2.75, 3.05) is 16.3 Å². The molecule has 45 heavy (non-hydrogen) atoms. The first kappa shape index (κ1) is 32.4. The third-order valence-corrected chi connectivity index (χ3v) is 8.24. The molecule has 0 amide bonds. The molecule has 2 aromatic heterocycles. The predicted octanol–water partition coefficient (Wildman–Crippen LogP) is 7.69. The number of benzene rings is 2. The third-order valence-electron chi connectivity index (χ3n) is 8.24. The number of alkyl halides is 6. The van der Waals surface area contributed by atoms with Crippen LogP contribution in [0.1, 0.15) is 61.8 Å². The highest BCUT2D eigenvalue weighted by molar-refractivity contribution is 5.82. The average Bonchev–Trinajstić information content (AvgIpc) is 3.62. The highest BCUT2D eigenvalue weighted by Gasteiger charge is 2.37. The van der Waals surface area contributed by atoms with Gasteiger partial charge in [-0.1, -0.05) is 31.8 Å². The lowest BCUT2D eigenvalue weighted by molar-refractivity contribution is -0.143. The Bertz CT molecular complexity index is 1630. The zero-order valence-corrected chi connectivity index (χ0v) is 24.7. The van der Waals surface area contributed by atoms with Crippen LogP contribution < -0.4 is 9.80 Å². The minimum absolute atomic E-state index is 0.0576. The van der Waals surface area contributed by atoms with Gasteiger partial charge in [-0.15, -0.1) is 5.10 Å². The van der Waals surface area contributed by atoms with Crippen LogP contribution in [0.3, 0.4) is 0 Å². The molecule has 0 saturated carbocycles. The highest BCUT2D eigenvalue weighted by atomic mass is 19.4. The Morgan fingerprint density at radius 2 is 1.53 bits per heavy atom. The first-order chi connectivity index (χ1) is 21.2. The molecule has 0 unspecified atom stereocenters. The molecule has 0 aliphatic carbocycles. The van der Waals surface area contributed by atoms with Crippen molar-refractivity contribution in [1.29, 1.82) is 0 Å². The molecular weight excluding hydrogens is 610 g/mol. The molecule has 2 aromatic carbocycles. The van der Waals surface area contributed by atoms with Crippen molar-refractivity contribution in [3.8, 4) is 0 Å². The van der Waals surface area contributed by atoms with Gasteiger partial charge in [0.15, 0.2) is 11.6 Å². The second kappa shape index (κ2) is 12.4. The molecule has 0 N–H and O–H groups in total. The Labute approximate surface area is 253 Å². The normalized spacial score (nSPS) is 15.9. The fourth-order valence-electron chi connectivity index (χ4n) is 6.08. The SMILES string of the molecule is CCC(CC)[C@H]1CCCN1c1nc2cc(F)c(F)cc2cc1CN(Cc1cc(C(F)(F)F)cc(C(F)(F)F)c1)c1nnn(C)n1. The summed E-state index contributed by atoms with van der Waals surface area (Å²) in [6, 6.07) is 5.08. The van der Waals surface area contributed by atoms with Crippen LogP contribution in [0.25, 0.3) is 10.9 Å². The van der Waals surface area contributed by atoms with Gasteiger partial charge in [0.2, 0.25) is 0 Å². The zero-order valence-electron chi connectivity index (χ0n) is 24.7. The number of hydrogen-bond acceptors (Lipinski definition) is 6. The first-order valence-corrected chi connectivity index (χ1v) is 14.5. The topological polar surface area (TPSA) is 63.0 Å². The molecule has 5 rings (SSSR count). The average molecular weight is 642 g/mol. The molecule has 3 heterocycles. The van der Waals surface area contributed by atoms with E-state index in [1.165, 1.54) is 11.9 Å². The number of aryl methyl sites for hydroxylation is 1. The lowest BCUT2D eigenvalue weighted by atomic mass is 9.92. The monoisotopic (exact) mass is 641 g/mol. The van der Waals surface area contributed by atoms with Crippen LogP contribution >= 0.6 is 0 Å². The molecule has 15 heteroatoms.